The molecule has 4 rings (SSSR count). The van der Waals surface area contributed by atoms with Gasteiger partial charge < -0.3 is 14.8 Å². The summed E-state index contributed by atoms with van der Waals surface area (Å²) in [4.78, 5) is 51.5. The number of rotatable bonds is 8. The van der Waals surface area contributed by atoms with Crippen LogP contribution in [0.1, 0.15) is 12.5 Å². The number of barbiturate groups is 1. The maximum absolute atomic E-state index is 13.2. The minimum Gasteiger partial charge on any atom is -0.490 e. The Balaban J connectivity index is 1.58. The van der Waals surface area contributed by atoms with Crippen molar-refractivity contribution in [3.8, 4) is 11.5 Å². The highest BCUT2D eigenvalue weighted by Crippen LogP contribution is 2.38. The van der Waals surface area contributed by atoms with E-state index in [0.29, 0.717) is 26.4 Å². The van der Waals surface area contributed by atoms with Gasteiger partial charge in [-0.2, -0.15) is 0 Å². The van der Waals surface area contributed by atoms with E-state index in [4.69, 9.17) is 21.1 Å². The predicted molar refractivity (Wildman–Crippen MR) is 154 cm³/mol. The van der Waals surface area contributed by atoms with Gasteiger partial charge in [-0.05, 0) is 83.0 Å². The van der Waals surface area contributed by atoms with Crippen LogP contribution in [0, 0.1) is 0 Å². The molecule has 1 heterocycles. The Morgan fingerprint density at radius 1 is 1.05 bits per heavy atom. The normalized spacial score (nSPS) is 14.3. The summed E-state index contributed by atoms with van der Waals surface area (Å²) < 4.78 is 12.6. The molecule has 200 valence electrons. The summed E-state index contributed by atoms with van der Waals surface area (Å²) in [5.41, 5.74) is 0.917. The van der Waals surface area contributed by atoms with Gasteiger partial charge in [0, 0.05) is 4.47 Å². The fourth-order valence-electron chi connectivity index (χ4n) is 3.61. The molecule has 5 amide bonds. The van der Waals surface area contributed by atoms with E-state index in [2.05, 4.69) is 42.5 Å². The molecule has 0 saturated carbocycles. The molecule has 0 spiro atoms. The number of nitrogens with one attached hydrogen (secondary N) is 2. The van der Waals surface area contributed by atoms with Crippen molar-refractivity contribution in [3.63, 3.8) is 0 Å². The van der Waals surface area contributed by atoms with Crippen molar-refractivity contribution in [2.45, 2.75) is 6.92 Å². The molecule has 3 aromatic carbocycles. The predicted octanol–water partition coefficient (Wildman–Crippen LogP) is 5.95. The van der Waals surface area contributed by atoms with Gasteiger partial charge in [0.2, 0.25) is 0 Å². The molecule has 2 N–H and O–H groups in total. The number of hydrogen-bond acceptors (Lipinski definition) is 6. The van der Waals surface area contributed by atoms with E-state index < -0.39 is 23.8 Å². The Kier molecular flexibility index (Phi) is 9.05. The number of carbonyl (C=O) groups excluding carboxylic acids is 4. The first-order valence-corrected chi connectivity index (χ1v) is 13.4. The Bertz CT molecular complexity index is 1490. The fourth-order valence-corrected chi connectivity index (χ4v) is 4.63. The number of ether oxygens (including phenoxy) is 2. The molecular weight excluding hydrogens is 658 g/mol. The van der Waals surface area contributed by atoms with Gasteiger partial charge in [0.05, 0.1) is 27.5 Å². The molecule has 0 aliphatic carbocycles. The summed E-state index contributed by atoms with van der Waals surface area (Å²) in [5, 5.41) is 5.25. The van der Waals surface area contributed by atoms with Crippen molar-refractivity contribution in [3.05, 3.63) is 85.8 Å². The van der Waals surface area contributed by atoms with Crippen LogP contribution < -0.4 is 25.0 Å². The van der Waals surface area contributed by atoms with Gasteiger partial charge in [0.1, 0.15) is 5.57 Å². The summed E-state index contributed by atoms with van der Waals surface area (Å²) in [5.74, 6) is -1.53. The maximum atomic E-state index is 13.2. The van der Waals surface area contributed by atoms with E-state index in [1.807, 2.05) is 0 Å². The summed E-state index contributed by atoms with van der Waals surface area (Å²) in [7, 11) is 0. The third kappa shape index (κ3) is 6.67. The largest absolute Gasteiger partial charge is 0.490 e. The van der Waals surface area contributed by atoms with Crippen molar-refractivity contribution >= 4 is 84.7 Å². The fraction of sp³-hybridized carbons (Fsp3) is 0.111. The quantitative estimate of drug-likeness (QED) is 0.225. The topological polar surface area (TPSA) is 114 Å². The molecule has 0 atom stereocenters. The number of hydrogen-bond donors (Lipinski definition) is 2. The molecule has 0 aromatic heterocycles. The van der Waals surface area contributed by atoms with Gasteiger partial charge in [0.25, 0.3) is 17.7 Å². The highest BCUT2D eigenvalue weighted by molar-refractivity contribution is 9.10. The van der Waals surface area contributed by atoms with Crippen molar-refractivity contribution in [2.24, 2.45) is 0 Å². The van der Waals surface area contributed by atoms with Crippen LogP contribution >= 0.6 is 43.5 Å². The van der Waals surface area contributed by atoms with E-state index in [1.165, 1.54) is 6.08 Å². The third-order valence-corrected chi connectivity index (χ3v) is 6.77. The second-order valence-corrected chi connectivity index (χ2v) is 10.2. The average Bonchev–Trinajstić information content (AvgIpc) is 2.88. The second kappa shape index (κ2) is 12.5. The Labute approximate surface area is 245 Å². The molecule has 39 heavy (non-hydrogen) atoms. The Hall–Kier alpha value is -3.67. The standard InChI is InChI=1S/C27H20Br2ClN3O6/c1-2-38-22-13-15(12-19(29)24(22)39-14-23(34)31-21-6-4-3-5-20(21)30)11-18-25(35)32-27(37)33(26(18)36)17-9-7-16(28)8-10-17/h3-13H,2,14H2,1H3,(H,31,34)(H,32,35,37)/b18-11+. The molecule has 3 aromatic rings. The molecule has 1 aliphatic heterocycles. The number of halogens is 3. The SMILES string of the molecule is CCOc1cc(/C=C2\C(=O)NC(=O)N(c3ccc(Br)cc3)C2=O)cc(Br)c1OCC(=O)Nc1ccccc1Cl. The number of benzene rings is 3. The Morgan fingerprint density at radius 2 is 1.77 bits per heavy atom. The first-order valence-electron chi connectivity index (χ1n) is 11.5. The smallest absolute Gasteiger partial charge is 0.335 e. The monoisotopic (exact) mass is 675 g/mol. The van der Waals surface area contributed by atoms with Crippen molar-refractivity contribution in [1.82, 2.24) is 5.32 Å². The van der Waals surface area contributed by atoms with Crippen molar-refractivity contribution < 1.29 is 28.7 Å². The lowest BCUT2D eigenvalue weighted by molar-refractivity contribution is -0.122. The minimum absolute atomic E-state index is 0.249. The zero-order valence-electron chi connectivity index (χ0n) is 20.3. The van der Waals surface area contributed by atoms with E-state index in [0.717, 1.165) is 9.37 Å². The molecule has 0 unspecified atom stereocenters. The maximum Gasteiger partial charge on any atom is 0.335 e. The number of urea groups is 1. The average molecular weight is 678 g/mol. The highest BCUT2D eigenvalue weighted by Gasteiger charge is 2.36. The molecule has 0 radical (unpaired) electrons. The molecule has 1 aliphatic rings. The molecule has 1 saturated heterocycles. The first kappa shape index (κ1) is 28.3. The third-order valence-electron chi connectivity index (χ3n) is 5.32. The molecule has 0 bridgehead atoms. The molecule has 9 nitrogen and oxygen atoms in total. The lowest BCUT2D eigenvalue weighted by Crippen LogP contribution is -2.54. The van der Waals surface area contributed by atoms with Gasteiger partial charge in [-0.15, -0.1) is 0 Å². The van der Waals surface area contributed by atoms with Crippen molar-refractivity contribution in [2.75, 3.05) is 23.4 Å². The van der Waals surface area contributed by atoms with Crippen LogP contribution in [0.3, 0.4) is 0 Å². The van der Waals surface area contributed by atoms with E-state index in [1.54, 1.807) is 67.6 Å². The lowest BCUT2D eigenvalue weighted by atomic mass is 10.1. The number of amides is 5. The van der Waals surface area contributed by atoms with Crippen LogP contribution in [-0.4, -0.2) is 37.0 Å². The number of carbonyl (C=O) groups is 4. The van der Waals surface area contributed by atoms with Crippen LogP contribution in [0.2, 0.25) is 5.02 Å². The Morgan fingerprint density at radius 3 is 2.46 bits per heavy atom. The minimum atomic E-state index is -0.848. The lowest BCUT2D eigenvalue weighted by Gasteiger charge is -2.26. The summed E-state index contributed by atoms with van der Waals surface area (Å²) >= 11 is 12.8. The zero-order chi connectivity index (χ0) is 28.1. The van der Waals surface area contributed by atoms with Crippen LogP contribution in [0.15, 0.2) is 75.2 Å². The number of anilines is 2. The van der Waals surface area contributed by atoms with Gasteiger partial charge >= 0.3 is 6.03 Å². The van der Waals surface area contributed by atoms with E-state index in [-0.39, 0.29) is 30.3 Å². The van der Waals surface area contributed by atoms with E-state index in [9.17, 15) is 19.2 Å². The first-order chi connectivity index (χ1) is 18.7. The van der Waals surface area contributed by atoms with E-state index >= 15 is 0 Å². The molecule has 12 heteroatoms. The summed E-state index contributed by atoms with van der Waals surface area (Å²) in [6.45, 7) is 1.71. The van der Waals surface area contributed by atoms with Gasteiger partial charge in [-0.3, -0.25) is 19.7 Å². The number of nitrogens with zero attached hydrogens (tertiary/aromatic N) is 1. The summed E-state index contributed by atoms with van der Waals surface area (Å²) in [6.07, 6.45) is 1.34. The van der Waals surface area contributed by atoms with Gasteiger partial charge in [-0.25, -0.2) is 9.69 Å². The van der Waals surface area contributed by atoms with Crippen molar-refractivity contribution in [1.29, 1.82) is 0 Å². The van der Waals surface area contributed by atoms with Crippen LogP contribution in [0.5, 0.6) is 11.5 Å². The molecule has 1 fully saturated rings. The second-order valence-electron chi connectivity index (χ2n) is 8.01. The van der Waals surface area contributed by atoms with Crippen LogP contribution in [-0.2, 0) is 14.4 Å². The highest BCUT2D eigenvalue weighted by atomic mass is 79.9. The van der Waals surface area contributed by atoms with Gasteiger partial charge in [-0.1, -0.05) is 39.7 Å². The zero-order valence-corrected chi connectivity index (χ0v) is 24.2. The molecular formula is C27H20Br2ClN3O6. The van der Waals surface area contributed by atoms with Gasteiger partial charge in [0.15, 0.2) is 18.1 Å². The number of para-hydroxylation sites is 1. The number of imide groups is 2. The van der Waals surface area contributed by atoms with Crippen LogP contribution in [0.4, 0.5) is 16.2 Å². The summed E-state index contributed by atoms with van der Waals surface area (Å²) in [6, 6.07) is 15.6. The van der Waals surface area contributed by atoms with Crippen LogP contribution in [0.25, 0.3) is 6.08 Å².